The molecule has 1 nitrogen and oxygen atoms in total. The van der Waals surface area contributed by atoms with Crippen LogP contribution in [0.2, 0.25) is 0 Å². The Kier molecular flexibility index (Phi) is 6.09. The molecule has 8 aromatic rings. The summed E-state index contributed by atoms with van der Waals surface area (Å²) in [6.07, 6.45) is 1.92. The number of benzene rings is 7. The fourth-order valence-corrected chi connectivity index (χ4v) is 6.41. The van der Waals surface area contributed by atoms with Crippen LogP contribution in [0.3, 0.4) is 0 Å². The van der Waals surface area contributed by atoms with Crippen LogP contribution in [0.1, 0.15) is 5.56 Å². The molecule has 0 radical (unpaired) electrons. The summed E-state index contributed by atoms with van der Waals surface area (Å²) in [6, 6.07) is 55.1. The Balaban J connectivity index is 1.23. The largest absolute Gasteiger partial charge is 0.256 e. The Morgan fingerprint density at radius 1 is 0.372 bits per heavy atom. The monoisotopic (exact) mass is 547 g/mol. The molecule has 0 N–H and O–H groups in total. The van der Waals surface area contributed by atoms with Crippen molar-refractivity contribution in [1.29, 1.82) is 0 Å². The van der Waals surface area contributed by atoms with Crippen molar-refractivity contribution in [3.05, 3.63) is 163 Å². The van der Waals surface area contributed by atoms with E-state index in [-0.39, 0.29) is 0 Å². The van der Waals surface area contributed by atoms with Crippen molar-refractivity contribution in [2.24, 2.45) is 0 Å². The number of hydrogen-bond acceptors (Lipinski definition) is 1. The lowest BCUT2D eigenvalue weighted by molar-refractivity contribution is 1.27. The standard InChI is InChI=1S/C42H29N/c1-28-15-24-40(43-27-28)30-18-16-29(17-19-30)32-20-21-34-26-35(23-22-33(34)25-32)42-38-13-7-5-11-36(38)41(31-9-3-2-4-10-31)37-12-6-8-14-39(37)42/h2-27H,1H3. The molecule has 1 aromatic heterocycles. The van der Waals surface area contributed by atoms with Gasteiger partial charge in [0.1, 0.15) is 0 Å². The Hall–Kier alpha value is -5.53. The van der Waals surface area contributed by atoms with E-state index in [4.69, 9.17) is 0 Å². The van der Waals surface area contributed by atoms with E-state index in [2.05, 4.69) is 164 Å². The molecule has 0 aliphatic carbocycles. The summed E-state index contributed by atoms with van der Waals surface area (Å²) in [6.45, 7) is 2.06. The van der Waals surface area contributed by atoms with Crippen molar-refractivity contribution >= 4 is 32.3 Å². The van der Waals surface area contributed by atoms with Crippen LogP contribution in [-0.4, -0.2) is 4.98 Å². The lowest BCUT2D eigenvalue weighted by Crippen LogP contribution is -1.90. The third-order valence-electron chi connectivity index (χ3n) is 8.55. The van der Waals surface area contributed by atoms with Crippen molar-refractivity contribution in [1.82, 2.24) is 4.98 Å². The molecular formula is C42H29N. The molecule has 0 amide bonds. The molecule has 8 rings (SSSR count). The van der Waals surface area contributed by atoms with Crippen molar-refractivity contribution in [2.75, 3.05) is 0 Å². The zero-order valence-corrected chi connectivity index (χ0v) is 24.0. The van der Waals surface area contributed by atoms with Crippen LogP contribution >= 0.6 is 0 Å². The van der Waals surface area contributed by atoms with E-state index in [9.17, 15) is 0 Å². The molecule has 1 heterocycles. The first-order valence-electron chi connectivity index (χ1n) is 14.8. The molecule has 0 aliphatic rings. The van der Waals surface area contributed by atoms with Gasteiger partial charge in [-0.25, -0.2) is 0 Å². The van der Waals surface area contributed by atoms with Crippen LogP contribution in [0, 0.1) is 6.92 Å². The highest BCUT2D eigenvalue weighted by molar-refractivity contribution is 6.21. The van der Waals surface area contributed by atoms with Gasteiger partial charge in [-0.2, -0.15) is 0 Å². The Morgan fingerprint density at radius 2 is 0.860 bits per heavy atom. The van der Waals surface area contributed by atoms with E-state index >= 15 is 0 Å². The van der Waals surface area contributed by atoms with Gasteiger partial charge in [-0.3, -0.25) is 4.98 Å². The summed E-state index contributed by atoms with van der Waals surface area (Å²) >= 11 is 0. The van der Waals surface area contributed by atoms with E-state index in [1.54, 1.807) is 0 Å². The minimum Gasteiger partial charge on any atom is -0.256 e. The molecule has 0 atom stereocenters. The fraction of sp³-hybridized carbons (Fsp3) is 0.0238. The minimum atomic E-state index is 1.00. The quantitative estimate of drug-likeness (QED) is 0.200. The molecule has 1 heteroatoms. The first kappa shape index (κ1) is 25.2. The SMILES string of the molecule is Cc1ccc(-c2ccc(-c3ccc4cc(-c5c6ccccc6c(-c6ccccc6)c6ccccc56)ccc4c3)cc2)nc1. The Labute approximate surface area is 251 Å². The summed E-state index contributed by atoms with van der Waals surface area (Å²) in [5.41, 5.74) is 10.8. The third-order valence-corrected chi connectivity index (χ3v) is 8.55. The summed E-state index contributed by atoms with van der Waals surface area (Å²) < 4.78 is 0. The average molecular weight is 548 g/mol. The van der Waals surface area contributed by atoms with Crippen LogP contribution in [0.5, 0.6) is 0 Å². The molecular weight excluding hydrogens is 518 g/mol. The van der Waals surface area contributed by atoms with Crippen LogP contribution < -0.4 is 0 Å². The highest BCUT2D eigenvalue weighted by atomic mass is 14.7. The lowest BCUT2D eigenvalue weighted by atomic mass is 9.85. The maximum absolute atomic E-state index is 4.58. The summed E-state index contributed by atoms with van der Waals surface area (Å²) in [5.74, 6) is 0. The van der Waals surface area contributed by atoms with Crippen molar-refractivity contribution in [3.8, 4) is 44.6 Å². The van der Waals surface area contributed by atoms with E-state index in [0.717, 1.165) is 11.3 Å². The van der Waals surface area contributed by atoms with Crippen molar-refractivity contribution in [2.45, 2.75) is 6.92 Å². The van der Waals surface area contributed by atoms with Crippen LogP contribution in [0.15, 0.2) is 158 Å². The van der Waals surface area contributed by atoms with Gasteiger partial charge >= 0.3 is 0 Å². The molecule has 0 spiro atoms. The summed E-state index contributed by atoms with van der Waals surface area (Å²) in [5, 5.41) is 7.59. The number of hydrogen-bond donors (Lipinski definition) is 0. The van der Waals surface area contributed by atoms with E-state index in [0.29, 0.717) is 0 Å². The maximum atomic E-state index is 4.58. The molecule has 43 heavy (non-hydrogen) atoms. The van der Waals surface area contributed by atoms with E-state index < -0.39 is 0 Å². The van der Waals surface area contributed by atoms with Gasteiger partial charge in [0, 0.05) is 11.8 Å². The number of aryl methyl sites for hydroxylation is 1. The molecule has 0 aliphatic heterocycles. The molecule has 7 aromatic carbocycles. The number of pyridine rings is 1. The van der Waals surface area contributed by atoms with Crippen LogP contribution in [-0.2, 0) is 0 Å². The molecule has 0 unspecified atom stereocenters. The smallest absolute Gasteiger partial charge is 0.0702 e. The maximum Gasteiger partial charge on any atom is 0.0702 e. The van der Waals surface area contributed by atoms with E-state index in [1.165, 1.54) is 71.3 Å². The van der Waals surface area contributed by atoms with Gasteiger partial charge in [0.2, 0.25) is 0 Å². The van der Waals surface area contributed by atoms with Gasteiger partial charge in [0.15, 0.2) is 0 Å². The third kappa shape index (κ3) is 4.47. The van der Waals surface area contributed by atoms with Gasteiger partial charge in [-0.15, -0.1) is 0 Å². The second-order valence-corrected chi connectivity index (χ2v) is 11.3. The van der Waals surface area contributed by atoms with Crippen LogP contribution in [0.4, 0.5) is 0 Å². The molecule has 0 saturated carbocycles. The van der Waals surface area contributed by atoms with Crippen LogP contribution in [0.25, 0.3) is 77.0 Å². The number of rotatable bonds is 4. The minimum absolute atomic E-state index is 1.00. The fourth-order valence-electron chi connectivity index (χ4n) is 6.41. The van der Waals surface area contributed by atoms with Gasteiger partial charge in [-0.05, 0) is 96.4 Å². The first-order valence-corrected chi connectivity index (χ1v) is 14.8. The summed E-state index contributed by atoms with van der Waals surface area (Å²) in [7, 11) is 0. The second kappa shape index (κ2) is 10.4. The molecule has 0 saturated heterocycles. The molecule has 0 bridgehead atoms. The molecule has 0 fully saturated rings. The number of nitrogens with zero attached hydrogens (tertiary/aromatic N) is 1. The zero-order valence-electron chi connectivity index (χ0n) is 24.0. The van der Waals surface area contributed by atoms with Gasteiger partial charge in [0.25, 0.3) is 0 Å². The van der Waals surface area contributed by atoms with E-state index in [1.807, 2.05) is 6.20 Å². The highest BCUT2D eigenvalue weighted by Gasteiger charge is 2.16. The Bertz CT molecular complexity index is 2200. The van der Waals surface area contributed by atoms with Crippen molar-refractivity contribution in [3.63, 3.8) is 0 Å². The topological polar surface area (TPSA) is 12.9 Å². The predicted molar refractivity (Wildman–Crippen MR) is 183 cm³/mol. The Morgan fingerprint density at radius 3 is 1.44 bits per heavy atom. The molecule has 202 valence electrons. The zero-order chi connectivity index (χ0) is 28.8. The second-order valence-electron chi connectivity index (χ2n) is 11.3. The highest BCUT2D eigenvalue weighted by Crippen LogP contribution is 2.44. The normalized spacial score (nSPS) is 11.4. The summed E-state index contributed by atoms with van der Waals surface area (Å²) in [4.78, 5) is 4.58. The van der Waals surface area contributed by atoms with Gasteiger partial charge < -0.3 is 0 Å². The predicted octanol–water partition coefficient (Wildman–Crippen LogP) is 11.5. The van der Waals surface area contributed by atoms with Gasteiger partial charge in [0.05, 0.1) is 5.69 Å². The number of fused-ring (bicyclic) bond motifs is 3. The number of aromatic nitrogens is 1. The lowest BCUT2D eigenvalue weighted by Gasteiger charge is -2.18. The van der Waals surface area contributed by atoms with Gasteiger partial charge in [-0.1, -0.05) is 133 Å². The average Bonchev–Trinajstić information content (AvgIpc) is 3.07. The first-order chi connectivity index (χ1) is 21.2. The van der Waals surface area contributed by atoms with Crippen molar-refractivity contribution < 1.29 is 0 Å².